The van der Waals surface area contributed by atoms with Gasteiger partial charge in [-0.15, -0.1) is 0 Å². The van der Waals surface area contributed by atoms with Gasteiger partial charge < -0.3 is 10.6 Å². The summed E-state index contributed by atoms with van der Waals surface area (Å²) in [6.45, 7) is 0. The minimum Gasteiger partial charge on any atom is -0.357 e. The van der Waals surface area contributed by atoms with Gasteiger partial charge in [-0.25, -0.2) is 8.78 Å². The highest BCUT2D eigenvalue weighted by atomic mass is 19.2. The van der Waals surface area contributed by atoms with E-state index in [2.05, 4.69) is 10.6 Å². The second-order valence-corrected chi connectivity index (χ2v) is 5.21. The van der Waals surface area contributed by atoms with E-state index in [9.17, 15) is 18.4 Å². The maximum Gasteiger partial charge on any atom is 0.246 e. The van der Waals surface area contributed by atoms with E-state index in [1.165, 1.54) is 13.1 Å². The van der Waals surface area contributed by atoms with Crippen molar-refractivity contribution in [2.45, 2.75) is 25.3 Å². The molecule has 2 unspecified atom stereocenters. The van der Waals surface area contributed by atoms with Crippen LogP contribution in [0.3, 0.4) is 0 Å². The van der Waals surface area contributed by atoms with Gasteiger partial charge in [0.1, 0.15) is 6.04 Å². The zero-order valence-electron chi connectivity index (χ0n) is 12.2. The minimum absolute atomic E-state index is 0.206. The maximum atomic E-state index is 13.4. The topological polar surface area (TPSA) is 58.2 Å². The molecule has 2 atom stereocenters. The Hall–Kier alpha value is -2.24. The Bertz CT molecular complexity index is 602. The highest BCUT2D eigenvalue weighted by Gasteiger charge is 2.27. The summed E-state index contributed by atoms with van der Waals surface area (Å²) >= 11 is 0. The predicted molar refractivity (Wildman–Crippen MR) is 77.8 cm³/mol. The molecular formula is C16H18F2N2O2. The number of nitrogens with one attached hydrogen (secondary N) is 2. The smallest absolute Gasteiger partial charge is 0.246 e. The molecule has 0 spiro atoms. The van der Waals surface area contributed by atoms with Crippen molar-refractivity contribution in [1.29, 1.82) is 0 Å². The summed E-state index contributed by atoms with van der Waals surface area (Å²) < 4.78 is 26.4. The van der Waals surface area contributed by atoms with Crippen molar-refractivity contribution in [1.82, 2.24) is 10.6 Å². The Labute approximate surface area is 127 Å². The Morgan fingerprint density at radius 3 is 2.59 bits per heavy atom. The molecule has 0 saturated heterocycles. The van der Waals surface area contributed by atoms with E-state index in [-0.39, 0.29) is 17.4 Å². The molecule has 6 heteroatoms. The molecule has 0 aliphatic heterocycles. The third kappa shape index (κ3) is 3.69. The number of hydrogen-bond acceptors (Lipinski definition) is 2. The first-order chi connectivity index (χ1) is 10.5. The van der Waals surface area contributed by atoms with Crippen LogP contribution in [0, 0.1) is 17.6 Å². The first-order valence-corrected chi connectivity index (χ1v) is 7.15. The third-order valence-electron chi connectivity index (χ3n) is 3.71. The minimum atomic E-state index is -1.05. The van der Waals surface area contributed by atoms with Crippen molar-refractivity contribution in [2.24, 2.45) is 5.92 Å². The van der Waals surface area contributed by atoms with Crippen LogP contribution in [0.1, 0.15) is 30.9 Å². The largest absolute Gasteiger partial charge is 0.357 e. The quantitative estimate of drug-likeness (QED) is 0.838. The molecule has 2 amide bonds. The van der Waals surface area contributed by atoms with E-state index in [0.717, 1.165) is 18.6 Å². The molecule has 4 nitrogen and oxygen atoms in total. The summed E-state index contributed by atoms with van der Waals surface area (Å²) in [7, 11) is 1.42. The molecule has 0 heterocycles. The van der Waals surface area contributed by atoms with Gasteiger partial charge in [0.05, 0.1) is 0 Å². The van der Waals surface area contributed by atoms with E-state index in [0.29, 0.717) is 12.8 Å². The molecule has 0 fully saturated rings. The molecule has 1 aliphatic rings. The number of hydrogen-bond donors (Lipinski definition) is 2. The van der Waals surface area contributed by atoms with E-state index >= 15 is 0 Å². The molecule has 0 aromatic heterocycles. The SMILES string of the molecule is CNC(=O)C(NC(=O)C1CC=CCC1)c1ccc(F)c(F)c1. The summed E-state index contributed by atoms with van der Waals surface area (Å²) in [5, 5.41) is 5.05. The van der Waals surface area contributed by atoms with Crippen LogP contribution in [0.15, 0.2) is 30.4 Å². The second kappa shape index (κ2) is 7.15. The van der Waals surface area contributed by atoms with Crippen LogP contribution in [0.2, 0.25) is 0 Å². The lowest BCUT2D eigenvalue weighted by molar-refractivity contribution is -0.131. The van der Waals surface area contributed by atoms with Crippen LogP contribution in [0.5, 0.6) is 0 Å². The van der Waals surface area contributed by atoms with Gasteiger partial charge in [-0.3, -0.25) is 9.59 Å². The highest BCUT2D eigenvalue weighted by Crippen LogP contribution is 2.21. The summed E-state index contributed by atoms with van der Waals surface area (Å²) in [4.78, 5) is 24.2. The van der Waals surface area contributed by atoms with Gasteiger partial charge >= 0.3 is 0 Å². The first kappa shape index (κ1) is 16.1. The number of likely N-dealkylation sites (N-methyl/N-ethyl adjacent to an activating group) is 1. The lowest BCUT2D eigenvalue weighted by Gasteiger charge is -2.22. The summed E-state index contributed by atoms with van der Waals surface area (Å²) in [6.07, 6.45) is 6.08. The molecule has 22 heavy (non-hydrogen) atoms. The Morgan fingerprint density at radius 2 is 2.00 bits per heavy atom. The van der Waals surface area contributed by atoms with Gasteiger partial charge in [0, 0.05) is 13.0 Å². The lowest BCUT2D eigenvalue weighted by Crippen LogP contribution is -2.41. The number of rotatable bonds is 4. The summed E-state index contributed by atoms with van der Waals surface area (Å²) in [5.74, 6) is -3.00. The molecule has 2 rings (SSSR count). The van der Waals surface area contributed by atoms with Crippen LogP contribution < -0.4 is 10.6 Å². The van der Waals surface area contributed by atoms with Crippen LogP contribution in [-0.4, -0.2) is 18.9 Å². The normalized spacial score (nSPS) is 18.6. The average molecular weight is 308 g/mol. The van der Waals surface area contributed by atoms with E-state index in [4.69, 9.17) is 0 Å². The van der Waals surface area contributed by atoms with Gasteiger partial charge in [0.25, 0.3) is 0 Å². The van der Waals surface area contributed by atoms with Gasteiger partial charge in [0.2, 0.25) is 11.8 Å². The number of carbonyl (C=O) groups excluding carboxylic acids is 2. The number of benzene rings is 1. The van der Waals surface area contributed by atoms with E-state index in [1.807, 2.05) is 12.2 Å². The van der Waals surface area contributed by atoms with Crippen molar-refractivity contribution < 1.29 is 18.4 Å². The standard InChI is InChI=1S/C16H18F2N2O2/c1-19-16(22)14(11-7-8-12(17)13(18)9-11)20-15(21)10-5-3-2-4-6-10/h2-3,7-10,14H,4-6H2,1H3,(H,19,22)(H,20,21). The molecule has 0 radical (unpaired) electrons. The fraction of sp³-hybridized carbons (Fsp3) is 0.375. The zero-order chi connectivity index (χ0) is 16.1. The van der Waals surface area contributed by atoms with Gasteiger partial charge in [0.15, 0.2) is 11.6 Å². The van der Waals surface area contributed by atoms with Crippen molar-refractivity contribution in [3.05, 3.63) is 47.5 Å². The predicted octanol–water partition coefficient (Wildman–Crippen LogP) is 2.22. The van der Waals surface area contributed by atoms with Gasteiger partial charge in [-0.2, -0.15) is 0 Å². The van der Waals surface area contributed by atoms with E-state index < -0.39 is 23.6 Å². The Balaban J connectivity index is 2.18. The lowest BCUT2D eigenvalue weighted by atomic mass is 9.93. The van der Waals surface area contributed by atoms with Crippen molar-refractivity contribution in [3.8, 4) is 0 Å². The molecule has 2 N–H and O–H groups in total. The average Bonchev–Trinajstić information content (AvgIpc) is 2.55. The highest BCUT2D eigenvalue weighted by molar-refractivity contribution is 5.89. The monoisotopic (exact) mass is 308 g/mol. The van der Waals surface area contributed by atoms with Crippen LogP contribution in [0.25, 0.3) is 0 Å². The van der Waals surface area contributed by atoms with Crippen LogP contribution in [-0.2, 0) is 9.59 Å². The summed E-state index contributed by atoms with van der Waals surface area (Å²) in [5.41, 5.74) is 0.206. The van der Waals surface area contributed by atoms with Crippen molar-refractivity contribution >= 4 is 11.8 Å². The van der Waals surface area contributed by atoms with Crippen molar-refractivity contribution in [2.75, 3.05) is 7.05 Å². The molecule has 118 valence electrons. The van der Waals surface area contributed by atoms with E-state index in [1.54, 1.807) is 0 Å². The zero-order valence-corrected chi connectivity index (χ0v) is 12.2. The molecule has 0 saturated carbocycles. The first-order valence-electron chi connectivity index (χ1n) is 7.15. The van der Waals surface area contributed by atoms with Crippen LogP contribution >= 0.6 is 0 Å². The number of allylic oxidation sites excluding steroid dienone is 2. The number of halogens is 2. The van der Waals surface area contributed by atoms with Gasteiger partial charge in [-0.1, -0.05) is 18.2 Å². The molecular weight excluding hydrogens is 290 g/mol. The molecule has 1 aliphatic carbocycles. The number of carbonyl (C=O) groups is 2. The van der Waals surface area contributed by atoms with Gasteiger partial charge in [-0.05, 0) is 37.0 Å². The van der Waals surface area contributed by atoms with Crippen molar-refractivity contribution in [3.63, 3.8) is 0 Å². The fourth-order valence-electron chi connectivity index (χ4n) is 2.43. The second-order valence-electron chi connectivity index (χ2n) is 5.21. The Morgan fingerprint density at radius 1 is 1.23 bits per heavy atom. The van der Waals surface area contributed by atoms with Crippen LogP contribution in [0.4, 0.5) is 8.78 Å². The third-order valence-corrected chi connectivity index (χ3v) is 3.71. The fourth-order valence-corrected chi connectivity index (χ4v) is 2.43. The number of amides is 2. The summed E-state index contributed by atoms with van der Waals surface area (Å²) in [6, 6.07) is 2.12. The maximum absolute atomic E-state index is 13.4. The molecule has 1 aromatic rings. The molecule has 1 aromatic carbocycles. The Kier molecular flexibility index (Phi) is 5.25. The molecule has 0 bridgehead atoms.